The van der Waals surface area contributed by atoms with E-state index in [1.54, 1.807) is 17.0 Å². The molecule has 0 bridgehead atoms. The number of hydrogen-bond donors (Lipinski definition) is 1. The molecule has 6 heteroatoms. The van der Waals surface area contributed by atoms with Gasteiger partial charge in [0.1, 0.15) is 6.54 Å². The van der Waals surface area contributed by atoms with Gasteiger partial charge in [0.05, 0.1) is 6.54 Å². The number of alkyl halides is 3. The Morgan fingerprint density at radius 1 is 1.28 bits per heavy atom. The second-order valence-corrected chi connectivity index (χ2v) is 3.74. The van der Waals surface area contributed by atoms with Crippen molar-refractivity contribution in [2.24, 2.45) is 0 Å². The van der Waals surface area contributed by atoms with Gasteiger partial charge in [-0.05, 0) is 19.1 Å². The van der Waals surface area contributed by atoms with E-state index < -0.39 is 18.6 Å². The SMILES string of the molecule is CCN(CC(=O)NCC(F)(F)F)c1ccccc1. The number of carbonyl (C=O) groups is 1. The highest BCUT2D eigenvalue weighted by atomic mass is 19.4. The molecule has 0 aliphatic rings. The molecule has 0 saturated carbocycles. The number of benzene rings is 1. The fourth-order valence-corrected chi connectivity index (χ4v) is 1.45. The van der Waals surface area contributed by atoms with E-state index in [0.717, 1.165) is 5.69 Å². The fourth-order valence-electron chi connectivity index (χ4n) is 1.45. The number of amides is 1. The van der Waals surface area contributed by atoms with Crippen LogP contribution in [-0.4, -0.2) is 31.7 Å². The maximum absolute atomic E-state index is 11.9. The lowest BCUT2D eigenvalue weighted by atomic mass is 10.3. The summed E-state index contributed by atoms with van der Waals surface area (Å²) < 4.78 is 35.8. The van der Waals surface area contributed by atoms with E-state index in [1.165, 1.54) is 0 Å². The zero-order valence-corrected chi connectivity index (χ0v) is 10.00. The van der Waals surface area contributed by atoms with Gasteiger partial charge < -0.3 is 10.2 Å². The summed E-state index contributed by atoms with van der Waals surface area (Å²) in [5, 5.41) is 1.85. The summed E-state index contributed by atoms with van der Waals surface area (Å²) in [7, 11) is 0. The minimum atomic E-state index is -4.38. The first kappa shape index (κ1) is 14.3. The van der Waals surface area contributed by atoms with E-state index >= 15 is 0 Å². The molecule has 0 unspecified atom stereocenters. The summed E-state index contributed by atoms with van der Waals surface area (Å²) in [4.78, 5) is 13.1. The van der Waals surface area contributed by atoms with Gasteiger partial charge in [-0.1, -0.05) is 18.2 Å². The Bertz CT molecular complexity index is 379. The van der Waals surface area contributed by atoms with Crippen LogP contribution < -0.4 is 10.2 Å². The van der Waals surface area contributed by atoms with Gasteiger partial charge in [-0.25, -0.2) is 0 Å². The summed E-state index contributed by atoms with van der Waals surface area (Å²) in [6.07, 6.45) is -4.38. The van der Waals surface area contributed by atoms with E-state index in [4.69, 9.17) is 0 Å². The number of nitrogens with one attached hydrogen (secondary N) is 1. The third kappa shape index (κ3) is 5.07. The molecule has 0 aliphatic carbocycles. The number of halogens is 3. The van der Waals surface area contributed by atoms with E-state index in [1.807, 2.05) is 30.4 Å². The fraction of sp³-hybridized carbons (Fsp3) is 0.417. The molecule has 100 valence electrons. The minimum Gasteiger partial charge on any atom is -0.363 e. The molecule has 1 aromatic rings. The molecule has 0 fully saturated rings. The average molecular weight is 260 g/mol. The highest BCUT2D eigenvalue weighted by molar-refractivity contribution is 5.81. The van der Waals surface area contributed by atoms with Crippen LogP contribution in [0.5, 0.6) is 0 Å². The largest absolute Gasteiger partial charge is 0.405 e. The van der Waals surface area contributed by atoms with Gasteiger partial charge in [-0.2, -0.15) is 13.2 Å². The summed E-state index contributed by atoms with van der Waals surface area (Å²) in [6.45, 7) is 1.00. The molecule has 0 atom stereocenters. The monoisotopic (exact) mass is 260 g/mol. The van der Waals surface area contributed by atoms with Crippen LogP contribution >= 0.6 is 0 Å². The van der Waals surface area contributed by atoms with Gasteiger partial charge >= 0.3 is 6.18 Å². The molecule has 1 N–H and O–H groups in total. The topological polar surface area (TPSA) is 32.3 Å². The Hall–Kier alpha value is -1.72. The summed E-state index contributed by atoms with van der Waals surface area (Å²) in [5.74, 6) is -0.641. The quantitative estimate of drug-likeness (QED) is 0.880. The molecule has 1 aromatic carbocycles. The number of hydrogen-bond acceptors (Lipinski definition) is 2. The Balaban J connectivity index is 2.51. The zero-order chi connectivity index (χ0) is 13.6. The van der Waals surface area contributed by atoms with Crippen LogP contribution in [0.4, 0.5) is 18.9 Å². The van der Waals surface area contributed by atoms with Crippen molar-refractivity contribution in [1.82, 2.24) is 5.32 Å². The highest BCUT2D eigenvalue weighted by Crippen LogP contribution is 2.13. The van der Waals surface area contributed by atoms with Crippen LogP contribution in [0.15, 0.2) is 30.3 Å². The molecule has 0 aromatic heterocycles. The number of likely N-dealkylation sites (N-methyl/N-ethyl adjacent to an activating group) is 1. The van der Waals surface area contributed by atoms with Crippen molar-refractivity contribution in [3.63, 3.8) is 0 Å². The maximum atomic E-state index is 11.9. The van der Waals surface area contributed by atoms with Crippen LogP contribution in [0.1, 0.15) is 6.92 Å². The third-order valence-electron chi connectivity index (χ3n) is 2.32. The molecular weight excluding hydrogens is 245 g/mol. The van der Waals surface area contributed by atoms with Gasteiger partial charge in [-0.3, -0.25) is 4.79 Å². The van der Waals surface area contributed by atoms with Crippen molar-refractivity contribution in [3.05, 3.63) is 30.3 Å². The predicted molar refractivity (Wildman–Crippen MR) is 63.4 cm³/mol. The van der Waals surface area contributed by atoms with Crippen molar-refractivity contribution < 1.29 is 18.0 Å². The van der Waals surface area contributed by atoms with E-state index in [2.05, 4.69) is 0 Å². The van der Waals surface area contributed by atoms with Crippen molar-refractivity contribution in [3.8, 4) is 0 Å². The molecular formula is C12H15F3N2O. The standard InChI is InChI=1S/C12H15F3N2O/c1-2-17(10-6-4-3-5-7-10)8-11(18)16-9-12(13,14)15/h3-7H,2,8-9H2,1H3,(H,16,18). The first-order valence-corrected chi connectivity index (χ1v) is 5.56. The van der Waals surface area contributed by atoms with Gasteiger partial charge in [0.15, 0.2) is 0 Å². The number of rotatable bonds is 5. The summed E-state index contributed by atoms with van der Waals surface area (Å²) in [5.41, 5.74) is 0.808. The lowest BCUT2D eigenvalue weighted by Gasteiger charge is -2.22. The molecule has 0 radical (unpaired) electrons. The van der Waals surface area contributed by atoms with E-state index in [0.29, 0.717) is 6.54 Å². The molecule has 0 spiro atoms. The lowest BCUT2D eigenvalue weighted by molar-refractivity contribution is -0.137. The molecule has 0 saturated heterocycles. The normalized spacial score (nSPS) is 11.1. The third-order valence-corrected chi connectivity index (χ3v) is 2.32. The molecule has 0 aliphatic heterocycles. The molecule has 1 rings (SSSR count). The van der Waals surface area contributed by atoms with Crippen molar-refractivity contribution in [1.29, 1.82) is 0 Å². The van der Waals surface area contributed by atoms with Crippen LogP contribution in [0.3, 0.4) is 0 Å². The summed E-state index contributed by atoms with van der Waals surface area (Å²) >= 11 is 0. The van der Waals surface area contributed by atoms with Crippen molar-refractivity contribution in [2.45, 2.75) is 13.1 Å². The van der Waals surface area contributed by atoms with Crippen LogP contribution in [0, 0.1) is 0 Å². The van der Waals surface area contributed by atoms with Crippen LogP contribution in [-0.2, 0) is 4.79 Å². The number of nitrogens with zero attached hydrogens (tertiary/aromatic N) is 1. The lowest BCUT2D eigenvalue weighted by Crippen LogP contribution is -2.41. The molecule has 3 nitrogen and oxygen atoms in total. The van der Waals surface area contributed by atoms with Gasteiger partial charge in [0, 0.05) is 12.2 Å². The number of para-hydroxylation sites is 1. The van der Waals surface area contributed by atoms with Crippen molar-refractivity contribution in [2.75, 3.05) is 24.5 Å². The van der Waals surface area contributed by atoms with Gasteiger partial charge in [0.25, 0.3) is 0 Å². The molecule has 1 amide bonds. The van der Waals surface area contributed by atoms with Crippen molar-refractivity contribution >= 4 is 11.6 Å². The van der Waals surface area contributed by atoms with E-state index in [9.17, 15) is 18.0 Å². The Morgan fingerprint density at radius 2 is 1.89 bits per heavy atom. The first-order valence-electron chi connectivity index (χ1n) is 5.56. The van der Waals surface area contributed by atoms with Gasteiger partial charge in [-0.15, -0.1) is 0 Å². The predicted octanol–water partition coefficient (Wildman–Crippen LogP) is 2.19. The number of carbonyl (C=O) groups excluding carboxylic acids is 1. The molecule has 0 heterocycles. The zero-order valence-electron chi connectivity index (χ0n) is 10.00. The summed E-state index contributed by atoms with van der Waals surface area (Å²) in [6, 6.07) is 9.07. The Morgan fingerprint density at radius 3 is 2.39 bits per heavy atom. The Labute approximate surface area is 104 Å². The second kappa shape index (κ2) is 6.28. The number of anilines is 1. The smallest absolute Gasteiger partial charge is 0.363 e. The van der Waals surface area contributed by atoms with Crippen LogP contribution in [0.2, 0.25) is 0 Å². The molecule has 18 heavy (non-hydrogen) atoms. The van der Waals surface area contributed by atoms with Gasteiger partial charge in [0.2, 0.25) is 5.91 Å². The second-order valence-electron chi connectivity index (χ2n) is 3.74. The highest BCUT2D eigenvalue weighted by Gasteiger charge is 2.27. The van der Waals surface area contributed by atoms with E-state index in [-0.39, 0.29) is 6.54 Å². The minimum absolute atomic E-state index is 0.0867. The maximum Gasteiger partial charge on any atom is 0.405 e. The first-order chi connectivity index (χ1) is 8.42. The Kier molecular flexibility index (Phi) is 5.00. The average Bonchev–Trinajstić information content (AvgIpc) is 2.33. The van der Waals surface area contributed by atoms with Crippen LogP contribution in [0.25, 0.3) is 0 Å².